The van der Waals surface area contributed by atoms with E-state index in [4.69, 9.17) is 46.6 Å². The minimum Gasteiger partial charge on any atom is -0.0843 e. The average molecular weight is 472 g/mol. The highest BCUT2D eigenvalue weighted by atomic mass is 35.5. The minimum absolute atomic E-state index is 0.701. The standard InChI is InChI=1S/C24H14Cl3PS/c25-18-7-1-15(2-8-18)21-13-14-22(28-29)24(17-5-11-20(27)12-6-17)23(21)16-3-9-19(26)10-4-16/h1-14H. The molecule has 0 radical (unpaired) electrons. The Balaban J connectivity index is 2.07. The van der Waals surface area contributed by atoms with Crippen LogP contribution in [0.4, 0.5) is 0 Å². The van der Waals surface area contributed by atoms with Crippen LogP contribution in [0, 0.1) is 0 Å². The molecule has 0 spiro atoms. The minimum atomic E-state index is 0.701. The highest BCUT2D eigenvalue weighted by molar-refractivity contribution is 7.99. The second-order valence-electron chi connectivity index (χ2n) is 6.49. The van der Waals surface area contributed by atoms with E-state index >= 15 is 0 Å². The Morgan fingerprint density at radius 2 is 0.897 bits per heavy atom. The van der Waals surface area contributed by atoms with E-state index in [-0.39, 0.29) is 0 Å². The second-order valence-corrected chi connectivity index (χ2v) is 9.02. The van der Waals surface area contributed by atoms with E-state index in [0.29, 0.717) is 15.1 Å². The molecular weight excluding hydrogens is 458 g/mol. The van der Waals surface area contributed by atoms with E-state index in [2.05, 4.69) is 12.1 Å². The van der Waals surface area contributed by atoms with Crippen molar-refractivity contribution in [1.82, 2.24) is 0 Å². The number of hydrogen-bond acceptors (Lipinski definition) is 1. The second kappa shape index (κ2) is 8.96. The fourth-order valence-electron chi connectivity index (χ4n) is 3.36. The molecule has 5 heteroatoms. The van der Waals surface area contributed by atoms with E-state index < -0.39 is 0 Å². The van der Waals surface area contributed by atoms with Gasteiger partial charge in [0.1, 0.15) is 0 Å². The Hall–Kier alpha value is -1.73. The fourth-order valence-corrected chi connectivity index (χ4v) is 4.66. The average Bonchev–Trinajstić information content (AvgIpc) is 2.75. The van der Waals surface area contributed by atoms with E-state index in [0.717, 1.165) is 46.0 Å². The summed E-state index contributed by atoms with van der Waals surface area (Å²) in [6, 6.07) is 27.9. The van der Waals surface area contributed by atoms with Crippen LogP contribution in [0.1, 0.15) is 0 Å². The maximum absolute atomic E-state index is 6.16. The lowest BCUT2D eigenvalue weighted by molar-refractivity contribution is 1.57. The molecule has 0 saturated carbocycles. The zero-order valence-electron chi connectivity index (χ0n) is 15.1. The smallest absolute Gasteiger partial charge is 0.0406 e. The van der Waals surface area contributed by atoms with Gasteiger partial charge in [-0.3, -0.25) is 0 Å². The van der Waals surface area contributed by atoms with Crippen molar-refractivity contribution in [2.24, 2.45) is 0 Å². The molecule has 0 bridgehead atoms. The fraction of sp³-hybridized carbons (Fsp3) is 0. The van der Waals surface area contributed by atoms with Crippen molar-refractivity contribution < 1.29 is 0 Å². The van der Waals surface area contributed by atoms with Gasteiger partial charge in [-0.1, -0.05) is 89.1 Å². The summed E-state index contributed by atoms with van der Waals surface area (Å²) >= 11 is 23.9. The van der Waals surface area contributed by atoms with Crippen molar-refractivity contribution in [3.05, 3.63) is 100.0 Å². The Morgan fingerprint density at radius 1 is 0.483 bits per heavy atom. The third-order valence-corrected chi connectivity index (χ3v) is 6.62. The Morgan fingerprint density at radius 3 is 1.34 bits per heavy atom. The molecule has 29 heavy (non-hydrogen) atoms. The monoisotopic (exact) mass is 470 g/mol. The van der Waals surface area contributed by atoms with Gasteiger partial charge in [0.25, 0.3) is 0 Å². The van der Waals surface area contributed by atoms with Gasteiger partial charge in [0.05, 0.1) is 0 Å². The molecule has 0 amide bonds. The molecule has 0 saturated heterocycles. The lowest BCUT2D eigenvalue weighted by atomic mass is 9.87. The summed E-state index contributed by atoms with van der Waals surface area (Å²) in [5.74, 6) is 0. The lowest BCUT2D eigenvalue weighted by Gasteiger charge is -2.18. The molecule has 0 aliphatic carbocycles. The molecule has 4 aromatic rings. The van der Waals surface area contributed by atoms with Gasteiger partial charge in [-0.2, -0.15) is 0 Å². The van der Waals surface area contributed by atoms with Crippen molar-refractivity contribution in [1.29, 1.82) is 0 Å². The first-order chi connectivity index (χ1) is 14.1. The van der Waals surface area contributed by atoms with Crippen molar-refractivity contribution >= 4 is 59.3 Å². The van der Waals surface area contributed by atoms with Crippen LogP contribution in [0.3, 0.4) is 0 Å². The Bertz CT molecular complexity index is 1170. The number of rotatable bonds is 4. The first-order valence-electron chi connectivity index (χ1n) is 8.85. The Labute approximate surface area is 191 Å². The highest BCUT2D eigenvalue weighted by Gasteiger charge is 2.18. The van der Waals surface area contributed by atoms with Gasteiger partial charge in [0.2, 0.25) is 0 Å². The molecule has 0 aromatic heterocycles. The van der Waals surface area contributed by atoms with Crippen LogP contribution in [0.25, 0.3) is 33.4 Å². The molecule has 0 N–H and O–H groups in total. The predicted octanol–water partition coefficient (Wildman–Crippen LogP) is 8.68. The maximum atomic E-state index is 6.16. The van der Waals surface area contributed by atoms with Crippen LogP contribution in [-0.2, 0) is 11.8 Å². The molecule has 0 aliphatic heterocycles. The molecular formula is C24H14Cl3PS. The van der Waals surface area contributed by atoms with Gasteiger partial charge >= 0.3 is 0 Å². The van der Waals surface area contributed by atoms with Crippen LogP contribution in [0.5, 0.6) is 0 Å². The molecule has 0 unspecified atom stereocenters. The van der Waals surface area contributed by atoms with E-state index in [9.17, 15) is 0 Å². The highest BCUT2D eigenvalue weighted by Crippen LogP contribution is 2.41. The largest absolute Gasteiger partial charge is 0.0843 e. The SMILES string of the molecule is S=Pc1ccc(-c2ccc(Cl)cc2)c(-c2ccc(Cl)cc2)c1-c1ccc(Cl)cc1. The number of hydrogen-bond donors (Lipinski definition) is 0. The van der Waals surface area contributed by atoms with Crippen LogP contribution in [0.2, 0.25) is 15.1 Å². The maximum Gasteiger partial charge on any atom is 0.0406 e. The molecule has 0 atom stereocenters. The summed E-state index contributed by atoms with van der Waals surface area (Å²) in [5.41, 5.74) is 6.56. The van der Waals surface area contributed by atoms with Crippen molar-refractivity contribution in [2.45, 2.75) is 0 Å². The molecule has 142 valence electrons. The normalized spacial score (nSPS) is 11.0. The zero-order chi connectivity index (χ0) is 20.4. The van der Waals surface area contributed by atoms with Gasteiger partial charge < -0.3 is 0 Å². The quantitative estimate of drug-likeness (QED) is 0.268. The molecule has 0 heterocycles. The van der Waals surface area contributed by atoms with Crippen molar-refractivity contribution in [2.75, 3.05) is 0 Å². The van der Waals surface area contributed by atoms with Crippen molar-refractivity contribution in [3.8, 4) is 33.4 Å². The summed E-state index contributed by atoms with van der Waals surface area (Å²) in [7, 11) is 0.781. The zero-order valence-corrected chi connectivity index (χ0v) is 19.1. The third kappa shape index (κ3) is 4.40. The van der Waals surface area contributed by atoms with Crippen LogP contribution in [0.15, 0.2) is 84.9 Å². The Kier molecular flexibility index (Phi) is 6.35. The van der Waals surface area contributed by atoms with Gasteiger partial charge in [-0.15, -0.1) is 0 Å². The van der Waals surface area contributed by atoms with Gasteiger partial charge in [0, 0.05) is 33.3 Å². The lowest BCUT2D eigenvalue weighted by Crippen LogP contribution is -2.03. The van der Waals surface area contributed by atoms with E-state index in [1.807, 2.05) is 72.8 Å². The summed E-state index contributed by atoms with van der Waals surface area (Å²) in [4.78, 5) is 0. The molecule has 4 rings (SSSR count). The number of halogens is 3. The number of benzene rings is 4. The van der Waals surface area contributed by atoms with Crippen molar-refractivity contribution in [3.63, 3.8) is 0 Å². The summed E-state index contributed by atoms with van der Waals surface area (Å²) < 4.78 is 0. The first kappa shape index (κ1) is 20.5. The van der Waals surface area contributed by atoms with Crippen LogP contribution in [-0.4, -0.2) is 0 Å². The first-order valence-corrected chi connectivity index (χ1v) is 11.9. The van der Waals surface area contributed by atoms with E-state index in [1.165, 1.54) is 0 Å². The predicted molar refractivity (Wildman–Crippen MR) is 132 cm³/mol. The topological polar surface area (TPSA) is 0 Å². The van der Waals surface area contributed by atoms with Crippen LogP contribution < -0.4 is 5.30 Å². The molecule has 4 aromatic carbocycles. The molecule has 0 aliphatic rings. The third-order valence-electron chi connectivity index (χ3n) is 4.70. The van der Waals surface area contributed by atoms with Gasteiger partial charge in [-0.25, -0.2) is 0 Å². The summed E-state index contributed by atoms with van der Waals surface area (Å²) in [5, 5.41) is 3.19. The molecule has 0 nitrogen and oxygen atoms in total. The summed E-state index contributed by atoms with van der Waals surface area (Å²) in [6.07, 6.45) is 0. The van der Waals surface area contributed by atoms with E-state index in [1.54, 1.807) is 0 Å². The molecule has 0 fully saturated rings. The van der Waals surface area contributed by atoms with Crippen LogP contribution >= 0.6 is 42.2 Å². The van der Waals surface area contributed by atoms with Gasteiger partial charge in [-0.05, 0) is 70.3 Å². The van der Waals surface area contributed by atoms with Gasteiger partial charge in [0.15, 0.2) is 0 Å². The summed E-state index contributed by atoms with van der Waals surface area (Å²) in [6.45, 7) is 0.